The van der Waals surface area contributed by atoms with Gasteiger partial charge in [0.2, 0.25) is 5.91 Å². The molecule has 2 aliphatic rings. The maximum absolute atomic E-state index is 13.6. The number of hydroxylamine groups is 1. The number of anilines is 2. The van der Waals surface area contributed by atoms with Crippen molar-refractivity contribution in [2.45, 2.75) is 19.1 Å². The molecule has 2 amide bonds. The van der Waals surface area contributed by atoms with Gasteiger partial charge in [-0.2, -0.15) is 0 Å². The predicted molar refractivity (Wildman–Crippen MR) is 126 cm³/mol. The van der Waals surface area contributed by atoms with Crippen LogP contribution in [0.15, 0.2) is 78.9 Å². The van der Waals surface area contributed by atoms with Gasteiger partial charge in [0.25, 0.3) is 5.91 Å². The van der Waals surface area contributed by atoms with Crippen molar-refractivity contribution < 1.29 is 24.0 Å². The molecular weight excluding hydrogens is 456 g/mol. The van der Waals surface area contributed by atoms with E-state index in [0.717, 1.165) is 10.5 Å². The smallest absolute Gasteiger partial charge is 0.338 e. The van der Waals surface area contributed by atoms with Crippen molar-refractivity contribution in [1.29, 1.82) is 0 Å². The van der Waals surface area contributed by atoms with Crippen molar-refractivity contribution >= 4 is 40.8 Å². The van der Waals surface area contributed by atoms with E-state index in [-0.39, 0.29) is 12.5 Å². The number of rotatable bonds is 5. The Labute approximate surface area is 201 Å². The summed E-state index contributed by atoms with van der Waals surface area (Å²) >= 11 is 6.05. The highest BCUT2D eigenvalue weighted by atomic mass is 35.5. The highest BCUT2D eigenvalue weighted by molar-refractivity contribution is 6.30. The molecule has 2 heterocycles. The van der Waals surface area contributed by atoms with Gasteiger partial charge in [-0.05, 0) is 61.0 Å². The number of carbonyl (C=O) groups is 3. The van der Waals surface area contributed by atoms with E-state index in [1.807, 2.05) is 30.3 Å². The molecule has 3 atom stereocenters. The van der Waals surface area contributed by atoms with Crippen molar-refractivity contribution in [3.8, 4) is 0 Å². The highest BCUT2D eigenvalue weighted by Gasteiger charge is 2.60. The maximum atomic E-state index is 13.6. The third kappa shape index (κ3) is 3.73. The molecule has 8 heteroatoms. The van der Waals surface area contributed by atoms with Gasteiger partial charge in [0.15, 0.2) is 6.10 Å². The van der Waals surface area contributed by atoms with E-state index in [0.29, 0.717) is 22.0 Å². The Bertz CT molecular complexity index is 1230. The van der Waals surface area contributed by atoms with Crippen LogP contribution in [0.3, 0.4) is 0 Å². The summed E-state index contributed by atoms with van der Waals surface area (Å²) in [6.07, 6.45) is -0.974. The first-order valence-corrected chi connectivity index (χ1v) is 11.3. The zero-order chi connectivity index (χ0) is 23.8. The van der Waals surface area contributed by atoms with Crippen molar-refractivity contribution in [3.05, 3.63) is 95.0 Å². The number of fused-ring (bicyclic) bond motifs is 1. The van der Waals surface area contributed by atoms with Gasteiger partial charge in [-0.3, -0.25) is 14.4 Å². The number of benzene rings is 3. The van der Waals surface area contributed by atoms with Crippen LogP contribution in [0.1, 0.15) is 28.9 Å². The summed E-state index contributed by atoms with van der Waals surface area (Å²) < 4.78 is 5.00. The number of carbonyl (C=O) groups excluding carboxylic acids is 3. The first-order valence-electron chi connectivity index (χ1n) is 10.9. The van der Waals surface area contributed by atoms with Crippen LogP contribution in [0.4, 0.5) is 11.4 Å². The molecule has 2 aliphatic heterocycles. The van der Waals surface area contributed by atoms with Crippen LogP contribution in [0, 0.1) is 5.92 Å². The van der Waals surface area contributed by atoms with Gasteiger partial charge in [0.1, 0.15) is 5.92 Å². The molecule has 7 nitrogen and oxygen atoms in total. The van der Waals surface area contributed by atoms with Gasteiger partial charge in [-0.25, -0.2) is 14.8 Å². The largest absolute Gasteiger partial charge is 0.462 e. The lowest BCUT2D eigenvalue weighted by molar-refractivity contribution is -0.126. The summed E-state index contributed by atoms with van der Waals surface area (Å²) in [5.41, 5.74) is 2.27. The summed E-state index contributed by atoms with van der Waals surface area (Å²) in [7, 11) is 0. The van der Waals surface area contributed by atoms with E-state index >= 15 is 0 Å². The van der Waals surface area contributed by atoms with E-state index < -0.39 is 29.9 Å². The Morgan fingerprint density at radius 2 is 1.56 bits per heavy atom. The second-order valence-corrected chi connectivity index (χ2v) is 8.43. The third-order valence-corrected chi connectivity index (χ3v) is 6.23. The first-order chi connectivity index (χ1) is 16.5. The normalized spacial score (nSPS) is 21.6. The number of hydrogen-bond acceptors (Lipinski definition) is 6. The van der Waals surface area contributed by atoms with E-state index in [9.17, 15) is 14.4 Å². The molecule has 0 aliphatic carbocycles. The van der Waals surface area contributed by atoms with E-state index in [1.165, 1.54) is 12.1 Å². The molecule has 2 saturated heterocycles. The number of hydrogen-bond donors (Lipinski definition) is 0. The number of ether oxygens (including phenoxy) is 1. The number of nitrogens with zero attached hydrogens (tertiary/aromatic N) is 2. The van der Waals surface area contributed by atoms with Gasteiger partial charge in [-0.1, -0.05) is 41.9 Å². The molecule has 0 N–H and O–H groups in total. The zero-order valence-electron chi connectivity index (χ0n) is 18.3. The molecule has 0 unspecified atom stereocenters. The van der Waals surface area contributed by atoms with Crippen LogP contribution in [-0.2, 0) is 19.2 Å². The molecule has 0 aromatic heterocycles. The van der Waals surface area contributed by atoms with Crippen molar-refractivity contribution in [3.63, 3.8) is 0 Å². The van der Waals surface area contributed by atoms with Gasteiger partial charge in [-0.15, -0.1) is 0 Å². The monoisotopic (exact) mass is 476 g/mol. The summed E-state index contributed by atoms with van der Waals surface area (Å²) in [6, 6.07) is 22.2. The third-order valence-electron chi connectivity index (χ3n) is 5.97. The molecule has 0 spiro atoms. The van der Waals surface area contributed by atoms with Crippen LogP contribution in [0.5, 0.6) is 0 Å². The average Bonchev–Trinajstić information content (AvgIpc) is 3.36. The minimum Gasteiger partial charge on any atom is -0.462 e. The lowest BCUT2D eigenvalue weighted by Gasteiger charge is -2.28. The zero-order valence-corrected chi connectivity index (χ0v) is 19.0. The van der Waals surface area contributed by atoms with Crippen LogP contribution < -0.4 is 9.96 Å². The fourth-order valence-corrected chi connectivity index (χ4v) is 4.56. The molecule has 0 saturated carbocycles. The van der Waals surface area contributed by atoms with Crippen molar-refractivity contribution in [2.75, 3.05) is 16.6 Å². The Morgan fingerprint density at radius 1 is 0.912 bits per heavy atom. The highest BCUT2D eigenvalue weighted by Crippen LogP contribution is 2.47. The van der Waals surface area contributed by atoms with E-state index in [4.69, 9.17) is 21.2 Å². The van der Waals surface area contributed by atoms with Crippen molar-refractivity contribution in [2.24, 2.45) is 5.92 Å². The standard InChI is InChI=1S/C26H21ClN2O5/c1-2-33-26(32)17-8-12-19(13-9-17)28-24(30)21-22(16-6-4-3-5-7-16)29(34-23(21)25(28)31)20-14-10-18(27)11-15-20/h3-15,21-23H,2H2,1H3/t21-,22+,23+/m0/s1. The second-order valence-electron chi connectivity index (χ2n) is 7.99. The molecule has 0 radical (unpaired) electrons. The van der Waals surface area contributed by atoms with Crippen molar-refractivity contribution in [1.82, 2.24) is 0 Å². The first kappa shape index (κ1) is 22.1. The molecule has 3 aromatic carbocycles. The van der Waals surface area contributed by atoms with E-state index in [1.54, 1.807) is 48.4 Å². The Hall–Kier alpha value is -3.68. The molecule has 3 aromatic rings. The minimum atomic E-state index is -0.974. The summed E-state index contributed by atoms with van der Waals surface area (Å²) in [5.74, 6) is -2.01. The lowest BCUT2D eigenvalue weighted by Crippen LogP contribution is -2.37. The van der Waals surface area contributed by atoms with Crippen LogP contribution in [0.25, 0.3) is 0 Å². The quantitative estimate of drug-likeness (QED) is 0.396. The molecular formula is C26H21ClN2O5. The maximum Gasteiger partial charge on any atom is 0.338 e. The van der Waals surface area contributed by atoms with E-state index in [2.05, 4.69) is 0 Å². The Kier molecular flexibility index (Phi) is 5.81. The van der Waals surface area contributed by atoms with Crippen LogP contribution in [-0.4, -0.2) is 30.5 Å². The molecule has 2 fully saturated rings. The topological polar surface area (TPSA) is 76.2 Å². The Balaban J connectivity index is 1.49. The van der Waals surface area contributed by atoms with Gasteiger partial charge >= 0.3 is 5.97 Å². The molecule has 172 valence electrons. The number of esters is 1. The van der Waals surface area contributed by atoms with Gasteiger partial charge in [0, 0.05) is 5.02 Å². The van der Waals surface area contributed by atoms with Gasteiger partial charge < -0.3 is 4.74 Å². The molecule has 0 bridgehead atoms. The number of halogens is 1. The van der Waals surface area contributed by atoms with Crippen LogP contribution >= 0.6 is 11.6 Å². The number of amides is 2. The fourth-order valence-electron chi connectivity index (χ4n) is 4.43. The predicted octanol–water partition coefficient (Wildman–Crippen LogP) is 4.57. The average molecular weight is 477 g/mol. The summed E-state index contributed by atoms with van der Waals surface area (Å²) in [4.78, 5) is 46.2. The summed E-state index contributed by atoms with van der Waals surface area (Å²) in [6.45, 7) is 1.98. The summed E-state index contributed by atoms with van der Waals surface area (Å²) in [5, 5.41) is 2.20. The van der Waals surface area contributed by atoms with Crippen LogP contribution in [0.2, 0.25) is 5.02 Å². The molecule has 34 heavy (non-hydrogen) atoms. The Morgan fingerprint density at radius 3 is 2.21 bits per heavy atom. The lowest BCUT2D eigenvalue weighted by atomic mass is 9.90. The fraction of sp³-hybridized carbons (Fsp3) is 0.192. The number of imide groups is 1. The SMILES string of the molecule is CCOC(=O)c1ccc(N2C(=O)[C@H]3[C@@H](c4ccccc4)N(c4ccc(Cl)cc4)O[C@H]3C2=O)cc1. The molecule has 5 rings (SSSR count). The second kappa shape index (κ2) is 8.93. The van der Waals surface area contributed by atoms with Gasteiger partial charge in [0.05, 0.1) is 29.6 Å². The minimum absolute atomic E-state index is 0.259.